The van der Waals surface area contributed by atoms with Gasteiger partial charge >= 0.3 is 5.97 Å². The molecule has 1 fully saturated rings. The Morgan fingerprint density at radius 3 is 2.70 bits per heavy atom. The SMILES string of the molecule is O=C(OCc1ccccc1)[C@H]1C[C@H](Cc2cccc(Cl)c2)CN1. The second-order valence-corrected chi connectivity index (χ2v) is 6.43. The molecule has 120 valence electrons. The Morgan fingerprint density at radius 2 is 1.91 bits per heavy atom. The number of halogens is 1. The van der Waals surface area contributed by atoms with Gasteiger partial charge in [-0.05, 0) is 48.6 Å². The van der Waals surface area contributed by atoms with Crippen molar-refractivity contribution in [3.05, 3.63) is 70.7 Å². The first kappa shape index (κ1) is 16.0. The summed E-state index contributed by atoms with van der Waals surface area (Å²) in [5.74, 6) is 0.269. The van der Waals surface area contributed by atoms with Crippen molar-refractivity contribution in [1.29, 1.82) is 0 Å². The number of nitrogens with one attached hydrogen (secondary N) is 1. The number of esters is 1. The third-order valence-corrected chi connectivity index (χ3v) is 4.38. The molecule has 1 aliphatic rings. The molecular formula is C19H20ClNO2. The summed E-state index contributed by atoms with van der Waals surface area (Å²) in [7, 11) is 0. The molecular weight excluding hydrogens is 310 g/mol. The Bertz CT molecular complexity index is 659. The Balaban J connectivity index is 1.48. The fourth-order valence-corrected chi connectivity index (χ4v) is 3.18. The van der Waals surface area contributed by atoms with Gasteiger partial charge in [-0.2, -0.15) is 0 Å². The molecule has 0 spiro atoms. The molecule has 0 amide bonds. The lowest BCUT2D eigenvalue weighted by atomic mass is 9.97. The van der Waals surface area contributed by atoms with Crippen LogP contribution in [0.1, 0.15) is 17.5 Å². The van der Waals surface area contributed by atoms with Crippen LogP contribution in [-0.4, -0.2) is 18.6 Å². The molecule has 23 heavy (non-hydrogen) atoms. The molecule has 2 atom stereocenters. The number of carbonyl (C=O) groups excluding carboxylic acids is 1. The molecule has 3 nitrogen and oxygen atoms in total. The lowest BCUT2D eigenvalue weighted by molar-refractivity contribution is -0.147. The van der Waals surface area contributed by atoms with Crippen molar-refractivity contribution in [2.24, 2.45) is 5.92 Å². The second kappa shape index (κ2) is 7.62. The standard InChI is InChI=1S/C19H20ClNO2/c20-17-8-4-7-15(10-17)9-16-11-18(21-12-16)19(22)23-13-14-5-2-1-3-6-14/h1-8,10,16,18,21H,9,11-13H2/t16-,18+/m0/s1. The van der Waals surface area contributed by atoms with Crippen molar-refractivity contribution in [2.45, 2.75) is 25.5 Å². The van der Waals surface area contributed by atoms with Crippen LogP contribution in [-0.2, 0) is 22.6 Å². The maximum atomic E-state index is 12.2. The molecule has 0 aliphatic carbocycles. The molecule has 0 unspecified atom stereocenters. The summed E-state index contributed by atoms with van der Waals surface area (Å²) in [4.78, 5) is 12.2. The van der Waals surface area contributed by atoms with Crippen LogP contribution in [0.5, 0.6) is 0 Å². The van der Waals surface area contributed by atoms with Gasteiger partial charge in [0, 0.05) is 5.02 Å². The highest BCUT2D eigenvalue weighted by Gasteiger charge is 2.30. The summed E-state index contributed by atoms with van der Waals surface area (Å²) < 4.78 is 5.41. The zero-order valence-corrected chi connectivity index (χ0v) is 13.6. The van der Waals surface area contributed by atoms with Gasteiger partial charge in [0.05, 0.1) is 0 Å². The first-order valence-electron chi connectivity index (χ1n) is 7.89. The van der Waals surface area contributed by atoms with E-state index in [4.69, 9.17) is 16.3 Å². The van der Waals surface area contributed by atoms with Crippen LogP contribution in [0.3, 0.4) is 0 Å². The van der Waals surface area contributed by atoms with Crippen LogP contribution >= 0.6 is 11.6 Å². The van der Waals surface area contributed by atoms with Crippen molar-refractivity contribution in [3.8, 4) is 0 Å². The summed E-state index contributed by atoms with van der Waals surface area (Å²) in [6.45, 7) is 1.16. The Morgan fingerprint density at radius 1 is 1.13 bits per heavy atom. The lowest BCUT2D eigenvalue weighted by Gasteiger charge is -2.11. The number of hydrogen-bond acceptors (Lipinski definition) is 3. The normalized spacial score (nSPS) is 20.4. The van der Waals surface area contributed by atoms with Gasteiger partial charge in [-0.3, -0.25) is 4.79 Å². The second-order valence-electron chi connectivity index (χ2n) is 5.99. The van der Waals surface area contributed by atoms with E-state index in [9.17, 15) is 4.79 Å². The third-order valence-electron chi connectivity index (χ3n) is 4.14. The predicted molar refractivity (Wildman–Crippen MR) is 91.3 cm³/mol. The molecule has 3 rings (SSSR count). The Hall–Kier alpha value is -1.84. The molecule has 1 saturated heterocycles. The Labute approximate surface area is 141 Å². The summed E-state index contributed by atoms with van der Waals surface area (Å²) in [5, 5.41) is 4.03. The van der Waals surface area contributed by atoms with E-state index in [1.54, 1.807) is 0 Å². The van der Waals surface area contributed by atoms with Crippen molar-refractivity contribution in [2.75, 3.05) is 6.54 Å². The van der Waals surface area contributed by atoms with Gasteiger partial charge in [0.1, 0.15) is 12.6 Å². The van der Waals surface area contributed by atoms with Crippen molar-refractivity contribution >= 4 is 17.6 Å². The quantitative estimate of drug-likeness (QED) is 0.852. The minimum absolute atomic E-state index is 0.164. The fourth-order valence-electron chi connectivity index (χ4n) is 2.97. The minimum Gasteiger partial charge on any atom is -0.460 e. The highest BCUT2D eigenvalue weighted by Crippen LogP contribution is 2.22. The third kappa shape index (κ3) is 4.57. The highest BCUT2D eigenvalue weighted by molar-refractivity contribution is 6.30. The molecule has 2 aromatic rings. The molecule has 4 heteroatoms. The number of rotatable bonds is 5. The van der Waals surface area contributed by atoms with Crippen LogP contribution in [0.2, 0.25) is 5.02 Å². The number of carbonyl (C=O) groups is 1. The van der Waals surface area contributed by atoms with Crippen LogP contribution in [0.15, 0.2) is 54.6 Å². The molecule has 2 aromatic carbocycles. The van der Waals surface area contributed by atoms with Gasteiger partial charge in [-0.15, -0.1) is 0 Å². The molecule has 0 bridgehead atoms. The van der Waals surface area contributed by atoms with Crippen LogP contribution in [0.4, 0.5) is 0 Å². The van der Waals surface area contributed by atoms with Gasteiger partial charge in [0.15, 0.2) is 0 Å². The number of benzene rings is 2. The fraction of sp³-hybridized carbons (Fsp3) is 0.316. The van der Waals surface area contributed by atoms with E-state index in [0.717, 1.165) is 30.0 Å². The van der Waals surface area contributed by atoms with E-state index in [1.807, 2.05) is 48.5 Å². The van der Waals surface area contributed by atoms with E-state index < -0.39 is 0 Å². The van der Waals surface area contributed by atoms with Crippen LogP contribution < -0.4 is 5.32 Å². The van der Waals surface area contributed by atoms with Gasteiger partial charge in [0.25, 0.3) is 0 Å². The highest BCUT2D eigenvalue weighted by atomic mass is 35.5. The molecule has 0 aromatic heterocycles. The lowest BCUT2D eigenvalue weighted by Crippen LogP contribution is -2.32. The summed E-state index contributed by atoms with van der Waals surface area (Å²) in [6, 6.07) is 17.4. The van der Waals surface area contributed by atoms with Gasteiger partial charge in [-0.1, -0.05) is 54.1 Å². The predicted octanol–water partition coefficient (Wildman–Crippen LogP) is 3.60. The van der Waals surface area contributed by atoms with Crippen molar-refractivity contribution < 1.29 is 9.53 Å². The average Bonchev–Trinajstić information content (AvgIpc) is 3.02. The van der Waals surface area contributed by atoms with Crippen LogP contribution in [0, 0.1) is 5.92 Å². The van der Waals surface area contributed by atoms with Gasteiger partial charge < -0.3 is 10.1 Å². The van der Waals surface area contributed by atoms with E-state index in [-0.39, 0.29) is 12.0 Å². The first-order chi connectivity index (χ1) is 11.2. The molecule has 0 radical (unpaired) electrons. The minimum atomic E-state index is -0.206. The van der Waals surface area contributed by atoms with Gasteiger partial charge in [0.2, 0.25) is 0 Å². The van der Waals surface area contributed by atoms with E-state index in [0.29, 0.717) is 12.5 Å². The first-order valence-corrected chi connectivity index (χ1v) is 8.27. The zero-order valence-electron chi connectivity index (χ0n) is 12.9. The summed E-state index contributed by atoms with van der Waals surface area (Å²) in [5.41, 5.74) is 2.22. The molecule has 1 aliphatic heterocycles. The monoisotopic (exact) mass is 329 g/mol. The number of hydrogen-bond donors (Lipinski definition) is 1. The average molecular weight is 330 g/mol. The summed E-state index contributed by atoms with van der Waals surface area (Å²) >= 11 is 6.02. The van der Waals surface area contributed by atoms with E-state index in [1.165, 1.54) is 5.56 Å². The van der Waals surface area contributed by atoms with Crippen molar-refractivity contribution in [3.63, 3.8) is 0 Å². The zero-order chi connectivity index (χ0) is 16.1. The molecule has 1 heterocycles. The topological polar surface area (TPSA) is 38.3 Å². The maximum Gasteiger partial charge on any atom is 0.323 e. The molecule has 0 saturated carbocycles. The largest absolute Gasteiger partial charge is 0.460 e. The van der Waals surface area contributed by atoms with Crippen molar-refractivity contribution in [1.82, 2.24) is 5.32 Å². The Kier molecular flexibility index (Phi) is 5.31. The molecule has 1 N–H and O–H groups in total. The van der Waals surface area contributed by atoms with Crippen LogP contribution in [0.25, 0.3) is 0 Å². The van der Waals surface area contributed by atoms with E-state index >= 15 is 0 Å². The smallest absolute Gasteiger partial charge is 0.323 e. The maximum absolute atomic E-state index is 12.2. The summed E-state index contributed by atoms with van der Waals surface area (Å²) in [6.07, 6.45) is 1.73. The van der Waals surface area contributed by atoms with E-state index in [2.05, 4.69) is 11.4 Å². The van der Waals surface area contributed by atoms with Gasteiger partial charge in [-0.25, -0.2) is 0 Å². The number of ether oxygens (including phenoxy) is 1.